The maximum Gasteiger partial charge on any atom is 0.339 e. The lowest BCUT2D eigenvalue weighted by Gasteiger charge is -2.12. The minimum atomic E-state index is -4.20. The summed E-state index contributed by atoms with van der Waals surface area (Å²) in [5, 5.41) is -0.250. The standard InChI is InChI=1S/C21H18ClNO8S2/c1-3-30-19(24)12-23-20(25)18(32-21(23)26)11-13-4-9-16(29-2)17(10-13)31-33(27,28)15-7-5-14(22)6-8-15/h4-11H,3,12H2,1-2H3/b18-11-. The van der Waals surface area contributed by atoms with E-state index in [1.54, 1.807) is 13.0 Å². The number of benzene rings is 2. The number of rotatable bonds is 8. The van der Waals surface area contributed by atoms with Crippen LogP contribution in [0.5, 0.6) is 11.5 Å². The molecule has 0 unspecified atom stereocenters. The topological polar surface area (TPSA) is 116 Å². The number of ether oxygens (including phenoxy) is 2. The van der Waals surface area contributed by atoms with E-state index in [4.69, 9.17) is 25.3 Å². The summed E-state index contributed by atoms with van der Waals surface area (Å²) in [6, 6.07) is 9.80. The van der Waals surface area contributed by atoms with E-state index in [0.717, 1.165) is 4.90 Å². The van der Waals surface area contributed by atoms with Crippen LogP contribution in [0.25, 0.3) is 6.08 Å². The highest BCUT2D eigenvalue weighted by Crippen LogP contribution is 2.35. The highest BCUT2D eigenvalue weighted by atomic mass is 35.5. The Labute approximate surface area is 199 Å². The summed E-state index contributed by atoms with van der Waals surface area (Å²) in [6.07, 6.45) is 1.39. The van der Waals surface area contributed by atoms with Crippen LogP contribution in [-0.2, 0) is 24.4 Å². The van der Waals surface area contributed by atoms with Gasteiger partial charge in [0.2, 0.25) is 0 Å². The van der Waals surface area contributed by atoms with E-state index >= 15 is 0 Å². The van der Waals surface area contributed by atoms with Gasteiger partial charge in [-0.3, -0.25) is 19.3 Å². The van der Waals surface area contributed by atoms with E-state index in [2.05, 4.69) is 0 Å². The minimum Gasteiger partial charge on any atom is -0.493 e. The first-order chi connectivity index (χ1) is 15.6. The van der Waals surface area contributed by atoms with Gasteiger partial charge in [0.15, 0.2) is 11.5 Å². The Hall–Kier alpha value is -3.02. The molecule has 9 nitrogen and oxygen atoms in total. The Morgan fingerprint density at radius 3 is 2.45 bits per heavy atom. The van der Waals surface area contributed by atoms with E-state index in [-0.39, 0.29) is 27.9 Å². The third-order valence-electron chi connectivity index (χ3n) is 4.25. The predicted octanol–water partition coefficient (Wildman–Crippen LogP) is 3.72. The SMILES string of the molecule is CCOC(=O)CN1C(=O)S/C(=C\c2ccc(OC)c(OS(=O)(=O)c3ccc(Cl)cc3)c2)C1=O. The van der Waals surface area contributed by atoms with Gasteiger partial charge in [-0.15, -0.1) is 0 Å². The summed E-state index contributed by atoms with van der Waals surface area (Å²) < 4.78 is 40.5. The molecule has 174 valence electrons. The molecule has 2 aromatic carbocycles. The first kappa shape index (κ1) is 24.6. The molecule has 1 fully saturated rings. The molecule has 0 saturated carbocycles. The average molecular weight is 512 g/mol. The summed E-state index contributed by atoms with van der Waals surface area (Å²) in [5.74, 6) is -1.34. The number of carbonyl (C=O) groups is 3. The maximum absolute atomic E-state index is 12.6. The Morgan fingerprint density at radius 1 is 1.12 bits per heavy atom. The first-order valence-corrected chi connectivity index (χ1v) is 12.0. The molecule has 33 heavy (non-hydrogen) atoms. The van der Waals surface area contributed by atoms with Crippen LogP contribution < -0.4 is 8.92 Å². The molecular formula is C21H18ClNO8S2. The van der Waals surface area contributed by atoms with Crippen LogP contribution in [0.1, 0.15) is 12.5 Å². The second-order valence-corrected chi connectivity index (χ2v) is 9.45. The molecule has 1 saturated heterocycles. The highest BCUT2D eigenvalue weighted by molar-refractivity contribution is 8.18. The zero-order valence-electron chi connectivity index (χ0n) is 17.4. The van der Waals surface area contributed by atoms with Crippen molar-refractivity contribution < 1.29 is 36.5 Å². The maximum atomic E-state index is 12.6. The fourth-order valence-electron chi connectivity index (χ4n) is 2.74. The van der Waals surface area contributed by atoms with E-state index in [1.807, 2.05) is 0 Å². The molecule has 0 bridgehead atoms. The molecule has 1 aliphatic rings. The van der Waals surface area contributed by atoms with Crippen LogP contribution in [-0.4, -0.2) is 50.7 Å². The second-order valence-electron chi connectivity index (χ2n) is 6.47. The number of halogens is 1. The van der Waals surface area contributed by atoms with Crippen LogP contribution in [0.15, 0.2) is 52.3 Å². The summed E-state index contributed by atoms with van der Waals surface area (Å²) in [4.78, 5) is 37.1. The molecule has 1 heterocycles. The number of amides is 2. The van der Waals surface area contributed by atoms with Crippen LogP contribution >= 0.6 is 23.4 Å². The van der Waals surface area contributed by atoms with Crippen molar-refractivity contribution >= 4 is 56.7 Å². The number of hydrogen-bond donors (Lipinski definition) is 0. The molecule has 0 radical (unpaired) electrons. The zero-order valence-corrected chi connectivity index (χ0v) is 19.8. The van der Waals surface area contributed by atoms with Gasteiger partial charge in [0.05, 0.1) is 18.6 Å². The highest BCUT2D eigenvalue weighted by Gasteiger charge is 2.36. The Balaban J connectivity index is 1.87. The van der Waals surface area contributed by atoms with Crippen molar-refractivity contribution in [1.29, 1.82) is 0 Å². The van der Waals surface area contributed by atoms with E-state index in [9.17, 15) is 22.8 Å². The van der Waals surface area contributed by atoms with Gasteiger partial charge in [-0.05, 0) is 66.7 Å². The molecule has 12 heteroatoms. The largest absolute Gasteiger partial charge is 0.493 e. The molecule has 0 aromatic heterocycles. The molecular weight excluding hydrogens is 494 g/mol. The van der Waals surface area contributed by atoms with Gasteiger partial charge >= 0.3 is 16.1 Å². The first-order valence-electron chi connectivity index (χ1n) is 9.43. The summed E-state index contributed by atoms with van der Waals surface area (Å²) >= 11 is 6.45. The molecule has 0 spiro atoms. The lowest BCUT2D eigenvalue weighted by molar-refractivity contribution is -0.145. The Bertz CT molecular complexity index is 1230. The Morgan fingerprint density at radius 2 is 1.82 bits per heavy atom. The van der Waals surface area contributed by atoms with Crippen molar-refractivity contribution in [2.75, 3.05) is 20.3 Å². The number of esters is 1. The summed E-state index contributed by atoms with van der Waals surface area (Å²) in [6.45, 7) is 1.24. The minimum absolute atomic E-state index is 0.0565. The fraction of sp³-hybridized carbons (Fsp3) is 0.190. The van der Waals surface area contributed by atoms with Crippen LogP contribution in [0.4, 0.5) is 4.79 Å². The van der Waals surface area contributed by atoms with Crippen molar-refractivity contribution in [3.05, 3.63) is 58.0 Å². The lowest BCUT2D eigenvalue weighted by atomic mass is 10.2. The zero-order chi connectivity index (χ0) is 24.2. The van der Waals surface area contributed by atoms with E-state index in [0.29, 0.717) is 22.3 Å². The number of thioether (sulfide) groups is 1. The van der Waals surface area contributed by atoms with E-state index in [1.165, 1.54) is 49.6 Å². The number of carbonyl (C=O) groups excluding carboxylic acids is 3. The van der Waals surface area contributed by atoms with Crippen molar-refractivity contribution in [1.82, 2.24) is 4.90 Å². The smallest absolute Gasteiger partial charge is 0.339 e. The lowest BCUT2D eigenvalue weighted by Crippen LogP contribution is -2.34. The second kappa shape index (κ2) is 10.3. The number of nitrogens with zero attached hydrogens (tertiary/aromatic N) is 1. The van der Waals surface area contributed by atoms with E-state index < -0.39 is 33.8 Å². The monoisotopic (exact) mass is 511 g/mol. The third kappa shape index (κ3) is 5.86. The van der Waals surface area contributed by atoms with Gasteiger partial charge in [-0.1, -0.05) is 17.7 Å². The predicted molar refractivity (Wildman–Crippen MR) is 122 cm³/mol. The fourth-order valence-corrected chi connectivity index (χ4v) is 4.64. The van der Waals surface area contributed by atoms with Gasteiger partial charge in [0, 0.05) is 5.02 Å². The summed E-state index contributed by atoms with van der Waals surface area (Å²) in [5.41, 5.74) is 0.374. The van der Waals surface area contributed by atoms with Crippen LogP contribution in [0.2, 0.25) is 5.02 Å². The van der Waals surface area contributed by atoms with Crippen molar-refractivity contribution in [3.63, 3.8) is 0 Å². The van der Waals surface area contributed by atoms with Crippen LogP contribution in [0, 0.1) is 0 Å². The number of hydrogen-bond acceptors (Lipinski definition) is 9. The van der Waals surface area contributed by atoms with Crippen molar-refractivity contribution in [2.24, 2.45) is 0 Å². The molecule has 1 aliphatic heterocycles. The molecule has 0 atom stereocenters. The molecule has 0 N–H and O–H groups in total. The van der Waals surface area contributed by atoms with Gasteiger partial charge in [0.1, 0.15) is 11.4 Å². The molecule has 3 rings (SSSR count). The quantitative estimate of drug-likeness (QED) is 0.297. The Kier molecular flexibility index (Phi) is 7.67. The van der Waals surface area contributed by atoms with Gasteiger partial charge in [-0.25, -0.2) is 0 Å². The van der Waals surface area contributed by atoms with Crippen LogP contribution in [0.3, 0.4) is 0 Å². The normalized spacial score (nSPS) is 15.1. The number of methoxy groups -OCH3 is 1. The number of imide groups is 1. The third-order valence-corrected chi connectivity index (χ3v) is 6.66. The van der Waals surface area contributed by atoms with Gasteiger partial charge < -0.3 is 13.7 Å². The van der Waals surface area contributed by atoms with Gasteiger partial charge in [0.25, 0.3) is 11.1 Å². The van der Waals surface area contributed by atoms with Crippen molar-refractivity contribution in [3.8, 4) is 11.5 Å². The van der Waals surface area contributed by atoms with Gasteiger partial charge in [-0.2, -0.15) is 8.42 Å². The molecule has 0 aliphatic carbocycles. The average Bonchev–Trinajstić information content (AvgIpc) is 3.01. The molecule has 2 aromatic rings. The van der Waals surface area contributed by atoms with Crippen molar-refractivity contribution in [2.45, 2.75) is 11.8 Å². The summed E-state index contributed by atoms with van der Waals surface area (Å²) in [7, 11) is -2.85. The molecule has 2 amide bonds.